The number of rotatable bonds is 5. The van der Waals surface area contributed by atoms with Crippen molar-refractivity contribution < 1.29 is 9.50 Å². The molecule has 0 atom stereocenters. The van der Waals surface area contributed by atoms with Gasteiger partial charge < -0.3 is 10.4 Å². The van der Waals surface area contributed by atoms with Crippen LogP contribution in [0.25, 0.3) is 11.3 Å². The third kappa shape index (κ3) is 3.61. The number of nitriles is 1. The van der Waals surface area contributed by atoms with E-state index in [1.54, 1.807) is 30.5 Å². The number of phenols is 1. The van der Waals surface area contributed by atoms with E-state index in [0.29, 0.717) is 36.5 Å². The highest BCUT2D eigenvalue weighted by Crippen LogP contribution is 2.44. The van der Waals surface area contributed by atoms with Crippen LogP contribution in [0.15, 0.2) is 48.7 Å². The second kappa shape index (κ2) is 7.47. The molecule has 4 rings (SSSR count). The van der Waals surface area contributed by atoms with Gasteiger partial charge in [0.25, 0.3) is 0 Å². The highest BCUT2D eigenvalue weighted by atomic mass is 19.1. The Kier molecular flexibility index (Phi) is 4.85. The van der Waals surface area contributed by atoms with E-state index in [1.165, 1.54) is 0 Å². The molecule has 6 nitrogen and oxygen atoms in total. The van der Waals surface area contributed by atoms with Gasteiger partial charge in [-0.05, 0) is 61.7 Å². The quantitative estimate of drug-likeness (QED) is 0.687. The van der Waals surface area contributed by atoms with Gasteiger partial charge in [0, 0.05) is 29.4 Å². The second-order valence-electron chi connectivity index (χ2n) is 7.48. The number of anilines is 1. The van der Waals surface area contributed by atoms with E-state index >= 15 is 0 Å². The van der Waals surface area contributed by atoms with Crippen molar-refractivity contribution in [3.8, 4) is 23.1 Å². The Hall–Kier alpha value is -3.53. The standard InChI is InChI=1S/C22H20FN5O/c1-14-8-15(12-24)21(29)17(9-14)18-5-6-20(28-27-18)26-13-22(10-16(23)11-22)19-4-2-3-7-25-19/h2-9,16,29H,10-11,13H2,1H3,(H,26,28). The van der Waals surface area contributed by atoms with Gasteiger partial charge in [0.05, 0.1) is 11.3 Å². The molecule has 1 aromatic carbocycles. The molecule has 7 heteroatoms. The molecule has 1 saturated carbocycles. The predicted molar refractivity (Wildman–Crippen MR) is 107 cm³/mol. The molecule has 2 aromatic heterocycles. The topological polar surface area (TPSA) is 94.7 Å². The first-order valence-electron chi connectivity index (χ1n) is 9.38. The normalized spacial score (nSPS) is 20.5. The van der Waals surface area contributed by atoms with E-state index < -0.39 is 6.17 Å². The first-order valence-corrected chi connectivity index (χ1v) is 9.38. The van der Waals surface area contributed by atoms with Crippen molar-refractivity contribution in [2.45, 2.75) is 31.4 Å². The van der Waals surface area contributed by atoms with Crippen molar-refractivity contribution in [2.75, 3.05) is 11.9 Å². The lowest BCUT2D eigenvalue weighted by Gasteiger charge is -2.43. The van der Waals surface area contributed by atoms with Crippen LogP contribution in [0.1, 0.15) is 29.7 Å². The molecule has 1 aliphatic rings. The number of aromatic hydroxyl groups is 1. The summed E-state index contributed by atoms with van der Waals surface area (Å²) >= 11 is 0. The van der Waals surface area contributed by atoms with Crippen LogP contribution in [0.5, 0.6) is 5.75 Å². The molecular weight excluding hydrogens is 369 g/mol. The number of benzene rings is 1. The van der Waals surface area contributed by atoms with E-state index in [4.69, 9.17) is 5.26 Å². The second-order valence-corrected chi connectivity index (χ2v) is 7.48. The summed E-state index contributed by atoms with van der Waals surface area (Å²) in [6, 6.07) is 14.5. The minimum Gasteiger partial charge on any atom is -0.506 e. The fraction of sp³-hybridized carbons (Fsp3) is 0.273. The monoisotopic (exact) mass is 389 g/mol. The Balaban J connectivity index is 1.52. The molecule has 2 N–H and O–H groups in total. The Morgan fingerprint density at radius 3 is 2.69 bits per heavy atom. The van der Waals surface area contributed by atoms with Crippen LogP contribution in [-0.4, -0.2) is 33.0 Å². The van der Waals surface area contributed by atoms with Gasteiger partial charge in [0.15, 0.2) is 0 Å². The Bertz CT molecular complexity index is 1060. The number of halogens is 1. The molecule has 1 aliphatic carbocycles. The number of hydrogen-bond acceptors (Lipinski definition) is 6. The molecule has 1 fully saturated rings. The summed E-state index contributed by atoms with van der Waals surface area (Å²) < 4.78 is 13.7. The maximum Gasteiger partial charge on any atom is 0.148 e. The molecule has 0 saturated heterocycles. The van der Waals surface area contributed by atoms with E-state index in [-0.39, 0.29) is 16.7 Å². The largest absolute Gasteiger partial charge is 0.506 e. The summed E-state index contributed by atoms with van der Waals surface area (Å²) in [6.07, 6.45) is 1.76. The minimum absolute atomic E-state index is 0.106. The van der Waals surface area contributed by atoms with Gasteiger partial charge in [-0.1, -0.05) is 6.07 Å². The lowest BCUT2D eigenvalue weighted by molar-refractivity contribution is 0.0996. The van der Waals surface area contributed by atoms with E-state index in [1.807, 2.05) is 31.2 Å². The first-order chi connectivity index (χ1) is 14.0. The maximum atomic E-state index is 13.7. The molecule has 3 aromatic rings. The number of nitrogens with zero attached hydrogens (tertiary/aromatic N) is 4. The Labute approximate surface area is 168 Å². The highest BCUT2D eigenvalue weighted by molar-refractivity contribution is 5.71. The lowest BCUT2D eigenvalue weighted by atomic mass is 9.65. The fourth-order valence-corrected chi connectivity index (χ4v) is 3.80. The van der Waals surface area contributed by atoms with Crippen molar-refractivity contribution >= 4 is 5.82 Å². The van der Waals surface area contributed by atoms with Crippen molar-refractivity contribution in [1.82, 2.24) is 15.2 Å². The molecule has 29 heavy (non-hydrogen) atoms. The van der Waals surface area contributed by atoms with Gasteiger partial charge in [0.2, 0.25) is 0 Å². The number of alkyl halides is 1. The average molecular weight is 389 g/mol. The zero-order valence-corrected chi connectivity index (χ0v) is 15.9. The predicted octanol–water partition coefficient (Wildman–Crippen LogP) is 3.91. The number of phenolic OH excluding ortho intramolecular Hbond substituents is 1. The van der Waals surface area contributed by atoms with E-state index in [9.17, 15) is 9.50 Å². The van der Waals surface area contributed by atoms with Gasteiger partial charge in [-0.25, -0.2) is 4.39 Å². The highest BCUT2D eigenvalue weighted by Gasteiger charge is 2.46. The van der Waals surface area contributed by atoms with E-state index in [2.05, 4.69) is 20.5 Å². The number of hydrogen-bond donors (Lipinski definition) is 2. The molecule has 2 heterocycles. The number of aryl methyl sites for hydroxylation is 1. The summed E-state index contributed by atoms with van der Waals surface area (Å²) in [6.45, 7) is 2.35. The third-order valence-electron chi connectivity index (χ3n) is 5.36. The Morgan fingerprint density at radius 1 is 1.24 bits per heavy atom. The van der Waals surface area contributed by atoms with Crippen molar-refractivity contribution in [3.63, 3.8) is 0 Å². The molecule has 0 amide bonds. The Morgan fingerprint density at radius 2 is 2.07 bits per heavy atom. The summed E-state index contributed by atoms with van der Waals surface area (Å²) in [4.78, 5) is 4.41. The lowest BCUT2D eigenvalue weighted by Crippen LogP contribution is -2.48. The zero-order chi connectivity index (χ0) is 20.4. The van der Waals surface area contributed by atoms with Gasteiger partial charge >= 0.3 is 0 Å². The average Bonchev–Trinajstić information content (AvgIpc) is 2.73. The SMILES string of the molecule is Cc1cc(C#N)c(O)c(-c2ccc(NCC3(c4ccccn4)CC(F)C3)nn2)c1. The van der Waals surface area contributed by atoms with Gasteiger partial charge in [-0.3, -0.25) is 4.98 Å². The summed E-state index contributed by atoms with van der Waals surface area (Å²) in [7, 11) is 0. The fourth-order valence-electron chi connectivity index (χ4n) is 3.80. The molecule has 0 radical (unpaired) electrons. The third-order valence-corrected chi connectivity index (χ3v) is 5.36. The minimum atomic E-state index is -0.814. The molecule has 0 spiro atoms. The molecule has 0 bridgehead atoms. The van der Waals surface area contributed by atoms with Crippen LogP contribution < -0.4 is 5.32 Å². The van der Waals surface area contributed by atoms with Crippen LogP contribution in [0.4, 0.5) is 10.2 Å². The molecule has 0 unspecified atom stereocenters. The van der Waals surface area contributed by atoms with Gasteiger partial charge in [-0.15, -0.1) is 10.2 Å². The summed E-state index contributed by atoms with van der Waals surface area (Å²) in [5.41, 5.74) is 2.51. The van der Waals surface area contributed by atoms with Crippen molar-refractivity contribution in [1.29, 1.82) is 5.26 Å². The van der Waals surface area contributed by atoms with Gasteiger partial charge in [0.1, 0.15) is 23.8 Å². The molecule has 146 valence electrons. The number of nitrogens with one attached hydrogen (secondary N) is 1. The smallest absolute Gasteiger partial charge is 0.148 e. The van der Waals surface area contributed by atoms with Gasteiger partial charge in [-0.2, -0.15) is 5.26 Å². The summed E-state index contributed by atoms with van der Waals surface area (Å²) in [5.74, 6) is 0.449. The van der Waals surface area contributed by atoms with Crippen LogP contribution in [0.2, 0.25) is 0 Å². The zero-order valence-electron chi connectivity index (χ0n) is 15.9. The van der Waals surface area contributed by atoms with Crippen LogP contribution >= 0.6 is 0 Å². The van der Waals surface area contributed by atoms with Crippen molar-refractivity contribution in [2.24, 2.45) is 0 Å². The van der Waals surface area contributed by atoms with Crippen LogP contribution in [0, 0.1) is 18.3 Å². The first kappa shape index (κ1) is 18.8. The molecular formula is C22H20FN5O. The summed E-state index contributed by atoms with van der Waals surface area (Å²) in [5, 5.41) is 31.1. The van der Waals surface area contributed by atoms with Crippen molar-refractivity contribution in [3.05, 3.63) is 65.5 Å². The number of pyridine rings is 1. The maximum absolute atomic E-state index is 13.7. The molecule has 0 aliphatic heterocycles. The van der Waals surface area contributed by atoms with E-state index in [0.717, 1.165) is 11.3 Å². The number of aromatic nitrogens is 3. The van der Waals surface area contributed by atoms with Crippen LogP contribution in [-0.2, 0) is 5.41 Å². The van der Waals surface area contributed by atoms with Crippen LogP contribution in [0.3, 0.4) is 0 Å².